The van der Waals surface area contributed by atoms with E-state index in [1.807, 2.05) is 0 Å². The lowest BCUT2D eigenvalue weighted by Gasteiger charge is -2.25. The topological polar surface area (TPSA) is 64.6 Å². The van der Waals surface area contributed by atoms with Crippen molar-refractivity contribution in [3.8, 4) is 11.5 Å². The van der Waals surface area contributed by atoms with E-state index in [1.165, 1.54) is 36.7 Å². The van der Waals surface area contributed by atoms with Crippen LogP contribution in [0.4, 0.5) is 28.9 Å². The van der Waals surface area contributed by atoms with E-state index in [1.54, 1.807) is 22.7 Å². The third kappa shape index (κ3) is 5.44. The van der Waals surface area contributed by atoms with Gasteiger partial charge >= 0.3 is 13.2 Å². The standard InChI is InChI=1S/C19H15F4N3O3S/c1-11(27)12-4-14(7-24-6-12)26(9-15-8-25-10-30-15)13-2-3-16(28-18(20)21)17(5-13)29-19(22)23/h2-8,10,18-19H,9H2,1H3. The summed E-state index contributed by atoms with van der Waals surface area (Å²) in [5, 5.41) is 0. The van der Waals surface area contributed by atoms with Crippen LogP contribution >= 0.6 is 11.3 Å². The van der Waals surface area contributed by atoms with Gasteiger partial charge in [0.1, 0.15) is 0 Å². The lowest BCUT2D eigenvalue weighted by Crippen LogP contribution is -2.17. The number of thiazole rings is 1. The molecule has 0 radical (unpaired) electrons. The minimum atomic E-state index is -3.24. The maximum Gasteiger partial charge on any atom is 0.387 e. The second-order valence-electron chi connectivity index (χ2n) is 5.93. The number of hydrogen-bond donors (Lipinski definition) is 0. The number of carbonyl (C=O) groups is 1. The van der Waals surface area contributed by atoms with E-state index < -0.39 is 24.7 Å². The Hall–Kier alpha value is -3.21. The van der Waals surface area contributed by atoms with Crippen LogP contribution in [0.3, 0.4) is 0 Å². The van der Waals surface area contributed by atoms with Gasteiger partial charge in [-0.1, -0.05) is 0 Å². The largest absolute Gasteiger partial charge is 0.431 e. The summed E-state index contributed by atoms with van der Waals surface area (Å²) in [6.45, 7) is -4.80. The number of anilines is 2. The predicted octanol–water partition coefficient (Wildman–Crippen LogP) is 5.28. The van der Waals surface area contributed by atoms with E-state index in [4.69, 9.17) is 0 Å². The summed E-state index contributed by atoms with van der Waals surface area (Å²) >= 11 is 1.36. The average Bonchev–Trinajstić information content (AvgIpc) is 3.20. The molecular formula is C19H15F4N3O3S. The summed E-state index contributed by atoms with van der Waals surface area (Å²) in [4.78, 5) is 22.3. The molecule has 3 aromatic rings. The maximum absolute atomic E-state index is 12.8. The summed E-state index contributed by atoms with van der Waals surface area (Å²) in [5.41, 5.74) is 2.80. The van der Waals surface area contributed by atoms with Crippen molar-refractivity contribution in [2.45, 2.75) is 26.7 Å². The van der Waals surface area contributed by atoms with Crippen LogP contribution in [0.15, 0.2) is 48.4 Å². The van der Waals surface area contributed by atoms with Crippen LogP contribution in [0.25, 0.3) is 0 Å². The SMILES string of the molecule is CC(=O)c1cncc(N(Cc2cncs2)c2ccc(OC(F)F)c(OC(F)F)c2)c1. The second kappa shape index (κ2) is 9.53. The number of Topliss-reactive ketones (excluding diaryl/α,β-unsaturated/α-hetero) is 1. The van der Waals surface area contributed by atoms with Gasteiger partial charge in [0, 0.05) is 34.6 Å². The third-order valence-electron chi connectivity index (χ3n) is 3.91. The Morgan fingerprint density at radius 2 is 1.73 bits per heavy atom. The number of halogens is 4. The Morgan fingerprint density at radius 1 is 1.00 bits per heavy atom. The third-order valence-corrected chi connectivity index (χ3v) is 4.67. The molecule has 0 fully saturated rings. The number of benzene rings is 1. The summed E-state index contributed by atoms with van der Waals surface area (Å²) < 4.78 is 59.5. The zero-order valence-electron chi connectivity index (χ0n) is 15.5. The first-order chi connectivity index (χ1) is 14.3. The van der Waals surface area contributed by atoms with Crippen LogP contribution in [0, 0.1) is 0 Å². The zero-order chi connectivity index (χ0) is 21.7. The summed E-state index contributed by atoms with van der Waals surface area (Å²) in [6, 6.07) is 5.28. The molecule has 0 N–H and O–H groups in total. The van der Waals surface area contributed by atoms with Crippen LogP contribution in [0.5, 0.6) is 11.5 Å². The predicted molar refractivity (Wildman–Crippen MR) is 102 cm³/mol. The van der Waals surface area contributed by atoms with E-state index >= 15 is 0 Å². The highest BCUT2D eigenvalue weighted by Gasteiger charge is 2.19. The highest BCUT2D eigenvalue weighted by molar-refractivity contribution is 7.09. The summed E-state index contributed by atoms with van der Waals surface area (Å²) in [5.74, 6) is -1.28. The molecule has 1 aromatic carbocycles. The molecule has 0 aliphatic rings. The number of ether oxygens (including phenoxy) is 2. The van der Waals surface area contributed by atoms with Gasteiger partial charge in [0.15, 0.2) is 17.3 Å². The lowest BCUT2D eigenvalue weighted by atomic mass is 10.1. The Morgan fingerprint density at radius 3 is 2.37 bits per heavy atom. The van der Waals surface area contributed by atoms with Crippen molar-refractivity contribution in [2.75, 3.05) is 4.90 Å². The molecule has 0 saturated heterocycles. The minimum absolute atomic E-state index is 0.204. The van der Waals surface area contributed by atoms with Crippen molar-refractivity contribution in [3.63, 3.8) is 0 Å². The highest BCUT2D eigenvalue weighted by Crippen LogP contribution is 2.37. The van der Waals surface area contributed by atoms with E-state index in [0.717, 1.165) is 17.0 Å². The van der Waals surface area contributed by atoms with Crippen LogP contribution in [-0.2, 0) is 6.54 Å². The number of hydrogen-bond acceptors (Lipinski definition) is 7. The molecule has 0 atom stereocenters. The molecular weight excluding hydrogens is 426 g/mol. The van der Waals surface area contributed by atoms with Crippen LogP contribution in [0.2, 0.25) is 0 Å². The molecule has 0 amide bonds. The Kier molecular flexibility index (Phi) is 6.83. The number of nitrogens with zero attached hydrogens (tertiary/aromatic N) is 3. The van der Waals surface area contributed by atoms with Gasteiger partial charge < -0.3 is 14.4 Å². The minimum Gasteiger partial charge on any atom is -0.431 e. The number of pyridine rings is 1. The molecule has 2 heterocycles. The van der Waals surface area contributed by atoms with Crippen LogP contribution < -0.4 is 14.4 Å². The molecule has 30 heavy (non-hydrogen) atoms. The van der Waals surface area contributed by atoms with Crippen molar-refractivity contribution >= 4 is 28.5 Å². The van der Waals surface area contributed by atoms with Gasteiger partial charge in [-0.3, -0.25) is 14.8 Å². The van der Waals surface area contributed by atoms with E-state index in [9.17, 15) is 22.4 Å². The quantitative estimate of drug-likeness (QED) is 0.333. The monoisotopic (exact) mass is 441 g/mol. The van der Waals surface area contributed by atoms with Gasteiger partial charge in [0.05, 0.1) is 23.9 Å². The molecule has 6 nitrogen and oxygen atoms in total. The molecule has 0 aliphatic heterocycles. The molecule has 158 valence electrons. The van der Waals surface area contributed by atoms with Crippen molar-refractivity contribution in [1.82, 2.24) is 9.97 Å². The van der Waals surface area contributed by atoms with Gasteiger partial charge in [-0.15, -0.1) is 11.3 Å². The zero-order valence-corrected chi connectivity index (χ0v) is 16.3. The number of ketones is 1. The van der Waals surface area contributed by atoms with Crippen molar-refractivity contribution in [3.05, 3.63) is 58.8 Å². The van der Waals surface area contributed by atoms with E-state index in [2.05, 4.69) is 19.4 Å². The molecule has 2 aromatic heterocycles. The van der Waals surface area contributed by atoms with Gasteiger partial charge in [0.2, 0.25) is 0 Å². The van der Waals surface area contributed by atoms with Crippen LogP contribution in [0.1, 0.15) is 22.2 Å². The van der Waals surface area contributed by atoms with Crippen molar-refractivity contribution in [1.29, 1.82) is 0 Å². The molecule has 0 aliphatic carbocycles. The van der Waals surface area contributed by atoms with Gasteiger partial charge in [0.25, 0.3) is 0 Å². The average molecular weight is 441 g/mol. The first-order valence-electron chi connectivity index (χ1n) is 8.48. The highest BCUT2D eigenvalue weighted by atomic mass is 32.1. The van der Waals surface area contributed by atoms with Crippen molar-refractivity contribution in [2.24, 2.45) is 0 Å². The maximum atomic E-state index is 12.8. The Labute approximate surface area is 172 Å². The number of aromatic nitrogens is 2. The van der Waals surface area contributed by atoms with Crippen LogP contribution in [-0.4, -0.2) is 29.0 Å². The second-order valence-corrected chi connectivity index (χ2v) is 6.90. The van der Waals surface area contributed by atoms with Gasteiger partial charge in [-0.2, -0.15) is 17.6 Å². The summed E-state index contributed by atoms with van der Waals surface area (Å²) in [7, 11) is 0. The molecule has 3 rings (SSSR count). The fraction of sp³-hybridized carbons (Fsp3) is 0.211. The fourth-order valence-corrected chi connectivity index (χ4v) is 3.20. The normalized spacial score (nSPS) is 11.0. The fourth-order valence-electron chi connectivity index (χ4n) is 2.62. The molecule has 11 heteroatoms. The number of carbonyl (C=O) groups excluding carboxylic acids is 1. The Bertz CT molecular complexity index is 1000. The first kappa shape index (κ1) is 21.5. The van der Waals surface area contributed by atoms with Crippen molar-refractivity contribution < 1.29 is 31.8 Å². The smallest absolute Gasteiger partial charge is 0.387 e. The lowest BCUT2D eigenvalue weighted by molar-refractivity contribution is -0.0692. The Balaban J connectivity index is 2.06. The van der Waals surface area contributed by atoms with E-state index in [-0.39, 0.29) is 12.3 Å². The number of alkyl halides is 4. The van der Waals surface area contributed by atoms with E-state index in [0.29, 0.717) is 16.9 Å². The molecule has 0 spiro atoms. The summed E-state index contributed by atoms with van der Waals surface area (Å²) in [6.07, 6.45) is 4.52. The number of rotatable bonds is 9. The molecule has 0 saturated carbocycles. The molecule has 0 bridgehead atoms. The molecule has 0 unspecified atom stereocenters. The van der Waals surface area contributed by atoms with Gasteiger partial charge in [-0.05, 0) is 25.1 Å². The van der Waals surface area contributed by atoms with Gasteiger partial charge in [-0.25, -0.2) is 0 Å². The first-order valence-corrected chi connectivity index (χ1v) is 9.36.